The van der Waals surface area contributed by atoms with Crippen molar-refractivity contribution >= 4 is 21.6 Å². The fraction of sp³-hybridized carbons (Fsp3) is 0.278. The minimum atomic E-state index is -3.47. The number of carbonyl (C=O) groups is 1. The number of nitrogens with one attached hydrogen (secondary N) is 1. The van der Waals surface area contributed by atoms with E-state index in [9.17, 15) is 17.6 Å². The average Bonchev–Trinajstić information content (AvgIpc) is 3.16. The van der Waals surface area contributed by atoms with Crippen LogP contribution in [0.15, 0.2) is 53.4 Å². The molecule has 2 aromatic rings. The van der Waals surface area contributed by atoms with E-state index in [1.807, 2.05) is 0 Å². The Labute approximate surface area is 151 Å². The first-order valence-corrected chi connectivity index (χ1v) is 9.67. The summed E-state index contributed by atoms with van der Waals surface area (Å²) in [5.74, 6) is -0.511. The number of amides is 1. The quantitative estimate of drug-likeness (QED) is 0.838. The van der Waals surface area contributed by atoms with Gasteiger partial charge in [-0.25, -0.2) is 12.8 Å². The molecule has 0 aromatic heterocycles. The molecule has 1 N–H and O–H groups in total. The normalized spacial score (nSPS) is 15.0. The summed E-state index contributed by atoms with van der Waals surface area (Å²) < 4.78 is 44.8. The van der Waals surface area contributed by atoms with Crippen molar-refractivity contribution in [3.63, 3.8) is 0 Å². The van der Waals surface area contributed by atoms with Crippen LogP contribution in [0.2, 0.25) is 0 Å². The minimum absolute atomic E-state index is 0.205. The Morgan fingerprint density at radius 2 is 1.81 bits per heavy atom. The van der Waals surface area contributed by atoms with Crippen LogP contribution >= 0.6 is 0 Å². The van der Waals surface area contributed by atoms with E-state index in [1.165, 1.54) is 46.8 Å². The summed E-state index contributed by atoms with van der Waals surface area (Å²) in [4.78, 5) is 12.0. The second kappa shape index (κ2) is 7.84. The first kappa shape index (κ1) is 18.3. The predicted molar refractivity (Wildman–Crippen MR) is 95.0 cm³/mol. The zero-order chi connectivity index (χ0) is 18.6. The second-order valence-corrected chi connectivity index (χ2v) is 7.87. The molecule has 0 spiro atoms. The largest absolute Gasteiger partial charge is 0.484 e. The van der Waals surface area contributed by atoms with Crippen LogP contribution in [0.25, 0.3) is 0 Å². The Balaban J connectivity index is 1.56. The molecular formula is C18H19FN2O4S. The molecule has 8 heteroatoms. The van der Waals surface area contributed by atoms with E-state index in [0.29, 0.717) is 24.5 Å². The van der Waals surface area contributed by atoms with Crippen molar-refractivity contribution in [3.8, 4) is 5.75 Å². The molecule has 1 saturated heterocycles. The average molecular weight is 378 g/mol. The monoisotopic (exact) mass is 378 g/mol. The lowest BCUT2D eigenvalue weighted by Crippen LogP contribution is -2.27. The first-order valence-electron chi connectivity index (χ1n) is 8.23. The third-order valence-electron chi connectivity index (χ3n) is 4.00. The summed E-state index contributed by atoms with van der Waals surface area (Å²) in [6, 6.07) is 11.5. The van der Waals surface area contributed by atoms with Crippen LogP contribution in [0.3, 0.4) is 0 Å². The summed E-state index contributed by atoms with van der Waals surface area (Å²) in [6.45, 7) is 0.816. The Bertz CT molecular complexity index is 878. The van der Waals surface area contributed by atoms with E-state index < -0.39 is 21.7 Å². The number of sulfonamides is 1. The molecule has 1 amide bonds. The van der Waals surface area contributed by atoms with E-state index in [-0.39, 0.29) is 11.5 Å². The van der Waals surface area contributed by atoms with E-state index in [2.05, 4.69) is 5.32 Å². The maximum absolute atomic E-state index is 13.1. The Morgan fingerprint density at radius 1 is 1.12 bits per heavy atom. The van der Waals surface area contributed by atoms with Crippen molar-refractivity contribution in [1.29, 1.82) is 0 Å². The molecule has 6 nitrogen and oxygen atoms in total. The van der Waals surface area contributed by atoms with E-state index in [4.69, 9.17) is 4.74 Å². The molecular weight excluding hydrogens is 359 g/mol. The fourth-order valence-electron chi connectivity index (χ4n) is 2.70. The molecule has 0 atom stereocenters. The van der Waals surface area contributed by atoms with E-state index in [0.717, 1.165) is 12.8 Å². The predicted octanol–water partition coefficient (Wildman–Crippen LogP) is 2.63. The van der Waals surface area contributed by atoms with Gasteiger partial charge >= 0.3 is 0 Å². The molecule has 0 saturated carbocycles. The summed E-state index contributed by atoms with van der Waals surface area (Å²) in [5.41, 5.74) is 0.339. The van der Waals surface area contributed by atoms with Gasteiger partial charge in [0.15, 0.2) is 6.61 Å². The number of carbonyl (C=O) groups excluding carboxylic acids is 1. The standard InChI is InChI=1S/C18H19FN2O4S/c19-14-4-3-5-15(12-14)20-18(22)13-25-16-6-8-17(9-7-16)26(23,24)21-10-1-2-11-21/h3-9,12H,1-2,10-11,13H2,(H,20,22). The van der Waals surface area contributed by atoms with Crippen LogP contribution in [-0.2, 0) is 14.8 Å². The fourth-order valence-corrected chi connectivity index (χ4v) is 4.21. The molecule has 2 aromatic carbocycles. The summed E-state index contributed by atoms with van der Waals surface area (Å²) in [5, 5.41) is 2.52. The summed E-state index contributed by atoms with van der Waals surface area (Å²) in [7, 11) is -3.47. The van der Waals surface area contributed by atoms with Crippen LogP contribution in [0.4, 0.5) is 10.1 Å². The van der Waals surface area contributed by atoms with Gasteiger partial charge in [0, 0.05) is 18.8 Å². The molecule has 1 heterocycles. The number of anilines is 1. The highest BCUT2D eigenvalue weighted by atomic mass is 32.2. The third-order valence-corrected chi connectivity index (χ3v) is 5.92. The number of nitrogens with zero attached hydrogens (tertiary/aromatic N) is 1. The minimum Gasteiger partial charge on any atom is -0.484 e. The van der Waals surface area contributed by atoms with Gasteiger partial charge in [-0.15, -0.1) is 0 Å². The third kappa shape index (κ3) is 4.39. The zero-order valence-corrected chi connectivity index (χ0v) is 14.8. The zero-order valence-electron chi connectivity index (χ0n) is 14.0. The maximum Gasteiger partial charge on any atom is 0.262 e. The van der Waals surface area contributed by atoms with Crippen molar-refractivity contribution in [3.05, 3.63) is 54.3 Å². The lowest BCUT2D eigenvalue weighted by atomic mass is 10.3. The van der Waals surface area contributed by atoms with E-state index in [1.54, 1.807) is 6.07 Å². The molecule has 0 radical (unpaired) electrons. The Hall–Kier alpha value is -2.45. The molecule has 0 unspecified atom stereocenters. The van der Waals surface area contributed by atoms with Gasteiger partial charge in [-0.2, -0.15) is 4.31 Å². The molecule has 0 bridgehead atoms. The van der Waals surface area contributed by atoms with Gasteiger partial charge in [0.2, 0.25) is 10.0 Å². The highest BCUT2D eigenvalue weighted by Crippen LogP contribution is 2.23. The second-order valence-electron chi connectivity index (χ2n) is 5.93. The van der Waals surface area contributed by atoms with E-state index >= 15 is 0 Å². The van der Waals surface area contributed by atoms with Crippen molar-refractivity contribution in [2.75, 3.05) is 25.0 Å². The highest BCUT2D eigenvalue weighted by molar-refractivity contribution is 7.89. The summed E-state index contributed by atoms with van der Waals surface area (Å²) >= 11 is 0. The van der Waals surface area contributed by atoms with Gasteiger partial charge in [-0.3, -0.25) is 4.79 Å². The first-order chi connectivity index (χ1) is 12.4. The highest BCUT2D eigenvalue weighted by Gasteiger charge is 2.26. The molecule has 1 aliphatic rings. The molecule has 3 rings (SSSR count). The lowest BCUT2D eigenvalue weighted by Gasteiger charge is -2.15. The molecule has 1 aliphatic heterocycles. The van der Waals surface area contributed by atoms with Crippen molar-refractivity contribution in [2.45, 2.75) is 17.7 Å². The van der Waals surface area contributed by atoms with Crippen LogP contribution in [0.5, 0.6) is 5.75 Å². The lowest BCUT2D eigenvalue weighted by molar-refractivity contribution is -0.118. The van der Waals surface area contributed by atoms with Gasteiger partial charge in [0.05, 0.1) is 4.90 Å². The number of rotatable bonds is 6. The van der Waals surface area contributed by atoms with Crippen LogP contribution in [0, 0.1) is 5.82 Å². The number of hydrogen-bond acceptors (Lipinski definition) is 4. The number of ether oxygens (including phenoxy) is 1. The van der Waals surface area contributed by atoms with Crippen molar-refractivity contribution in [2.24, 2.45) is 0 Å². The van der Waals surface area contributed by atoms with Crippen molar-refractivity contribution in [1.82, 2.24) is 4.31 Å². The van der Waals surface area contributed by atoms with Gasteiger partial charge in [0.25, 0.3) is 5.91 Å². The van der Waals surface area contributed by atoms with Gasteiger partial charge < -0.3 is 10.1 Å². The van der Waals surface area contributed by atoms with Gasteiger partial charge in [-0.1, -0.05) is 6.07 Å². The van der Waals surface area contributed by atoms with Crippen molar-refractivity contribution < 1.29 is 22.3 Å². The maximum atomic E-state index is 13.1. The van der Waals surface area contributed by atoms with Crippen LogP contribution in [-0.4, -0.2) is 38.3 Å². The van der Waals surface area contributed by atoms with Crippen LogP contribution in [0.1, 0.15) is 12.8 Å². The number of halogens is 1. The summed E-state index contributed by atoms with van der Waals surface area (Å²) in [6.07, 6.45) is 1.75. The van der Waals surface area contributed by atoms with Crippen LogP contribution < -0.4 is 10.1 Å². The number of hydrogen-bond donors (Lipinski definition) is 1. The van der Waals surface area contributed by atoms with Gasteiger partial charge in [-0.05, 0) is 55.3 Å². The molecule has 1 fully saturated rings. The van der Waals surface area contributed by atoms with Gasteiger partial charge in [0.1, 0.15) is 11.6 Å². The smallest absolute Gasteiger partial charge is 0.262 e. The Morgan fingerprint density at radius 3 is 2.46 bits per heavy atom. The molecule has 138 valence electrons. The molecule has 0 aliphatic carbocycles. The SMILES string of the molecule is O=C(COc1ccc(S(=O)(=O)N2CCCC2)cc1)Nc1cccc(F)c1. The number of benzene rings is 2. The topological polar surface area (TPSA) is 75.7 Å². The molecule has 26 heavy (non-hydrogen) atoms. The Kier molecular flexibility index (Phi) is 5.53.